The molecule has 104 valence electrons. The minimum atomic E-state index is 0.207. The summed E-state index contributed by atoms with van der Waals surface area (Å²) in [6.07, 6.45) is 2.75. The maximum atomic E-state index is 5.46. The first-order valence-electron chi connectivity index (χ1n) is 6.48. The second kappa shape index (κ2) is 6.21. The van der Waals surface area contributed by atoms with E-state index >= 15 is 0 Å². The van der Waals surface area contributed by atoms with Gasteiger partial charge in [0.05, 0.1) is 25.0 Å². The number of aromatic nitrogens is 2. The van der Waals surface area contributed by atoms with Crippen LogP contribution in [0, 0.1) is 0 Å². The van der Waals surface area contributed by atoms with E-state index in [-0.39, 0.29) is 6.04 Å². The van der Waals surface area contributed by atoms with E-state index in [1.807, 2.05) is 11.7 Å². The summed E-state index contributed by atoms with van der Waals surface area (Å²) in [6, 6.07) is 4.78. The van der Waals surface area contributed by atoms with Crippen molar-refractivity contribution in [3.63, 3.8) is 0 Å². The van der Waals surface area contributed by atoms with E-state index in [4.69, 9.17) is 4.74 Å². The van der Waals surface area contributed by atoms with Gasteiger partial charge in [0.15, 0.2) is 5.75 Å². The SMILES string of the molecule is CNC(Cc1cccs1)c1c(OC)cnn1C(C)C. The van der Waals surface area contributed by atoms with Crippen molar-refractivity contribution in [3.05, 3.63) is 34.3 Å². The quantitative estimate of drug-likeness (QED) is 0.883. The topological polar surface area (TPSA) is 39.1 Å². The third-order valence-corrected chi connectivity index (χ3v) is 4.07. The molecule has 0 fully saturated rings. The van der Waals surface area contributed by atoms with Gasteiger partial charge in [-0.3, -0.25) is 4.68 Å². The van der Waals surface area contributed by atoms with E-state index in [9.17, 15) is 0 Å². The number of rotatable bonds is 6. The van der Waals surface area contributed by atoms with Crippen molar-refractivity contribution in [3.8, 4) is 5.75 Å². The van der Waals surface area contributed by atoms with Crippen LogP contribution in [0.25, 0.3) is 0 Å². The van der Waals surface area contributed by atoms with Gasteiger partial charge in [-0.15, -0.1) is 11.3 Å². The van der Waals surface area contributed by atoms with Crippen LogP contribution in [0.1, 0.15) is 36.5 Å². The first-order chi connectivity index (χ1) is 9.17. The van der Waals surface area contributed by atoms with Gasteiger partial charge in [-0.05, 0) is 32.3 Å². The van der Waals surface area contributed by atoms with Crippen LogP contribution in [0.5, 0.6) is 5.75 Å². The number of hydrogen-bond acceptors (Lipinski definition) is 4. The Hall–Kier alpha value is -1.33. The van der Waals surface area contributed by atoms with Crippen molar-refractivity contribution >= 4 is 11.3 Å². The fourth-order valence-electron chi connectivity index (χ4n) is 2.22. The van der Waals surface area contributed by atoms with Gasteiger partial charge < -0.3 is 10.1 Å². The summed E-state index contributed by atoms with van der Waals surface area (Å²) >= 11 is 1.78. The molecule has 4 nitrogen and oxygen atoms in total. The molecule has 19 heavy (non-hydrogen) atoms. The van der Waals surface area contributed by atoms with Gasteiger partial charge in [-0.1, -0.05) is 6.07 Å². The fourth-order valence-corrected chi connectivity index (χ4v) is 2.97. The van der Waals surface area contributed by atoms with Crippen molar-refractivity contribution in [1.29, 1.82) is 0 Å². The highest BCUT2D eigenvalue weighted by molar-refractivity contribution is 7.09. The molecule has 0 aromatic carbocycles. The third kappa shape index (κ3) is 2.98. The number of methoxy groups -OCH3 is 1. The molecule has 2 aromatic rings. The summed E-state index contributed by atoms with van der Waals surface area (Å²) in [5.74, 6) is 0.851. The Morgan fingerprint density at radius 1 is 1.47 bits per heavy atom. The summed E-state index contributed by atoms with van der Waals surface area (Å²) in [7, 11) is 3.68. The highest BCUT2D eigenvalue weighted by atomic mass is 32.1. The number of nitrogens with zero attached hydrogens (tertiary/aromatic N) is 2. The van der Waals surface area contributed by atoms with Gasteiger partial charge in [0.2, 0.25) is 0 Å². The maximum absolute atomic E-state index is 5.46. The third-order valence-electron chi connectivity index (χ3n) is 3.17. The Bertz CT molecular complexity index is 505. The molecule has 0 amide bonds. The minimum Gasteiger partial charge on any atom is -0.493 e. The number of likely N-dealkylation sites (N-methyl/N-ethyl adjacent to an activating group) is 1. The van der Waals surface area contributed by atoms with Gasteiger partial charge in [0, 0.05) is 17.3 Å². The molecule has 0 aliphatic heterocycles. The maximum Gasteiger partial charge on any atom is 0.161 e. The molecule has 1 unspecified atom stereocenters. The van der Waals surface area contributed by atoms with Gasteiger partial charge in [0.25, 0.3) is 0 Å². The number of ether oxygens (including phenoxy) is 1. The second-order valence-corrected chi connectivity index (χ2v) is 5.79. The standard InChI is InChI=1S/C14H21N3OS/c1-10(2)17-14(13(18-4)9-16-17)12(15-3)8-11-6-5-7-19-11/h5-7,9-10,12,15H,8H2,1-4H3. The average Bonchev–Trinajstić information content (AvgIpc) is 3.04. The van der Waals surface area contributed by atoms with Crippen LogP contribution in [-0.2, 0) is 6.42 Å². The van der Waals surface area contributed by atoms with E-state index in [0.29, 0.717) is 6.04 Å². The van der Waals surface area contributed by atoms with Gasteiger partial charge in [-0.25, -0.2) is 0 Å². The molecular weight excluding hydrogens is 258 g/mol. The van der Waals surface area contributed by atoms with Crippen LogP contribution in [0.15, 0.2) is 23.7 Å². The van der Waals surface area contributed by atoms with E-state index in [0.717, 1.165) is 17.9 Å². The van der Waals surface area contributed by atoms with E-state index in [2.05, 4.69) is 41.8 Å². The molecule has 0 radical (unpaired) electrons. The zero-order valence-corrected chi connectivity index (χ0v) is 12.7. The lowest BCUT2D eigenvalue weighted by atomic mass is 10.1. The Kier molecular flexibility index (Phi) is 4.61. The van der Waals surface area contributed by atoms with Gasteiger partial charge in [-0.2, -0.15) is 5.10 Å². The number of thiophene rings is 1. The number of nitrogens with one attached hydrogen (secondary N) is 1. The summed E-state index contributed by atoms with van der Waals surface area (Å²) in [4.78, 5) is 1.36. The molecule has 0 spiro atoms. The second-order valence-electron chi connectivity index (χ2n) is 4.76. The van der Waals surface area contributed by atoms with Crippen molar-refractivity contribution in [2.45, 2.75) is 32.4 Å². The smallest absolute Gasteiger partial charge is 0.161 e. The lowest BCUT2D eigenvalue weighted by Crippen LogP contribution is -2.23. The molecule has 2 rings (SSSR count). The Morgan fingerprint density at radius 2 is 2.26 bits per heavy atom. The van der Waals surface area contributed by atoms with Crippen LogP contribution >= 0.6 is 11.3 Å². The highest BCUT2D eigenvalue weighted by Crippen LogP contribution is 2.30. The Balaban J connectivity index is 2.33. The lowest BCUT2D eigenvalue weighted by molar-refractivity contribution is 0.388. The van der Waals surface area contributed by atoms with E-state index in [1.165, 1.54) is 4.88 Å². The molecule has 1 N–H and O–H groups in total. The molecule has 0 saturated carbocycles. The zero-order chi connectivity index (χ0) is 13.8. The van der Waals surface area contributed by atoms with E-state index < -0.39 is 0 Å². The summed E-state index contributed by atoms with van der Waals surface area (Å²) in [5.41, 5.74) is 1.12. The number of hydrogen-bond donors (Lipinski definition) is 1. The zero-order valence-electron chi connectivity index (χ0n) is 11.9. The molecule has 1 atom stereocenters. The van der Waals surface area contributed by atoms with Crippen molar-refractivity contribution in [2.75, 3.05) is 14.2 Å². The highest BCUT2D eigenvalue weighted by Gasteiger charge is 2.22. The van der Waals surface area contributed by atoms with Crippen molar-refractivity contribution in [1.82, 2.24) is 15.1 Å². The monoisotopic (exact) mass is 279 g/mol. The summed E-state index contributed by atoms with van der Waals surface area (Å²) in [6.45, 7) is 4.27. The predicted molar refractivity (Wildman–Crippen MR) is 79.0 cm³/mol. The van der Waals surface area contributed by atoms with Crippen LogP contribution in [0.4, 0.5) is 0 Å². The molecule has 2 aromatic heterocycles. The summed E-state index contributed by atoms with van der Waals surface area (Å²) < 4.78 is 7.49. The molecule has 0 bridgehead atoms. The lowest BCUT2D eigenvalue weighted by Gasteiger charge is -2.20. The van der Waals surface area contributed by atoms with Crippen molar-refractivity contribution in [2.24, 2.45) is 0 Å². The van der Waals surface area contributed by atoms with Crippen LogP contribution < -0.4 is 10.1 Å². The van der Waals surface area contributed by atoms with Gasteiger partial charge in [0.1, 0.15) is 0 Å². The molecule has 0 aliphatic rings. The fraction of sp³-hybridized carbons (Fsp3) is 0.500. The van der Waals surface area contributed by atoms with E-state index in [1.54, 1.807) is 24.6 Å². The largest absolute Gasteiger partial charge is 0.493 e. The van der Waals surface area contributed by atoms with Crippen molar-refractivity contribution < 1.29 is 4.74 Å². The van der Waals surface area contributed by atoms with Crippen LogP contribution in [0.2, 0.25) is 0 Å². The first-order valence-corrected chi connectivity index (χ1v) is 7.36. The van der Waals surface area contributed by atoms with Crippen LogP contribution in [-0.4, -0.2) is 23.9 Å². The molecule has 0 aliphatic carbocycles. The Morgan fingerprint density at radius 3 is 2.79 bits per heavy atom. The normalized spacial score (nSPS) is 12.9. The predicted octanol–water partition coefficient (Wildman–Crippen LogP) is 3.04. The molecule has 2 heterocycles. The molecule has 0 saturated heterocycles. The molecular formula is C14H21N3OS. The molecule has 5 heteroatoms. The van der Waals surface area contributed by atoms with Gasteiger partial charge >= 0.3 is 0 Å². The summed E-state index contributed by atoms with van der Waals surface area (Å²) in [5, 5.41) is 9.93. The van der Waals surface area contributed by atoms with Crippen LogP contribution in [0.3, 0.4) is 0 Å². The minimum absolute atomic E-state index is 0.207. The average molecular weight is 279 g/mol. The first kappa shape index (κ1) is 14.1. The Labute approximate surface area is 118 Å².